The minimum atomic E-state index is 0.245. The quantitative estimate of drug-likeness (QED) is 0.913. The van der Waals surface area contributed by atoms with E-state index in [1.165, 1.54) is 5.56 Å². The van der Waals surface area contributed by atoms with Crippen LogP contribution in [0.4, 0.5) is 0 Å². The van der Waals surface area contributed by atoms with E-state index in [1.54, 1.807) is 7.11 Å². The molecule has 0 bridgehead atoms. The SMILES string of the molecule is COc1cc2c(cc1CNC(C)C(C)(C)C)OC(C)C2. The smallest absolute Gasteiger partial charge is 0.123 e. The molecule has 1 aromatic rings. The number of ether oxygens (including phenoxy) is 2. The normalized spacial score (nSPS) is 19.4. The summed E-state index contributed by atoms with van der Waals surface area (Å²) in [6.07, 6.45) is 1.24. The van der Waals surface area contributed by atoms with Gasteiger partial charge in [-0.1, -0.05) is 20.8 Å². The standard InChI is InChI=1S/C17H27NO2/c1-11-7-13-8-15(19-6)14(9-16(13)20-11)10-18-12(2)17(3,4)5/h8-9,11-12,18H,7,10H2,1-6H3. The first kappa shape index (κ1) is 15.2. The van der Waals surface area contributed by atoms with E-state index in [2.05, 4.69) is 52.1 Å². The van der Waals surface area contributed by atoms with Gasteiger partial charge in [0.1, 0.15) is 17.6 Å². The summed E-state index contributed by atoms with van der Waals surface area (Å²) in [7, 11) is 1.73. The second-order valence-corrected chi connectivity index (χ2v) is 6.87. The molecule has 2 atom stereocenters. The van der Waals surface area contributed by atoms with Crippen LogP contribution in [0.3, 0.4) is 0 Å². The molecule has 0 aliphatic carbocycles. The molecule has 0 saturated heterocycles. The van der Waals surface area contributed by atoms with Gasteiger partial charge in [0.15, 0.2) is 0 Å². The molecular formula is C17H27NO2. The van der Waals surface area contributed by atoms with Crippen LogP contribution in [0.2, 0.25) is 0 Å². The van der Waals surface area contributed by atoms with E-state index in [0.29, 0.717) is 6.04 Å². The van der Waals surface area contributed by atoms with E-state index in [9.17, 15) is 0 Å². The lowest BCUT2D eigenvalue weighted by molar-refractivity contribution is 0.254. The highest BCUT2D eigenvalue weighted by Gasteiger charge is 2.23. The molecule has 3 nitrogen and oxygen atoms in total. The van der Waals surface area contributed by atoms with Crippen molar-refractivity contribution in [3.63, 3.8) is 0 Å². The van der Waals surface area contributed by atoms with Gasteiger partial charge < -0.3 is 14.8 Å². The zero-order valence-corrected chi connectivity index (χ0v) is 13.5. The zero-order valence-electron chi connectivity index (χ0n) is 13.5. The van der Waals surface area contributed by atoms with Gasteiger partial charge in [-0.2, -0.15) is 0 Å². The highest BCUT2D eigenvalue weighted by Crippen LogP contribution is 2.35. The van der Waals surface area contributed by atoms with E-state index in [1.807, 2.05) is 0 Å². The molecule has 20 heavy (non-hydrogen) atoms. The van der Waals surface area contributed by atoms with Crippen molar-refractivity contribution in [3.8, 4) is 11.5 Å². The lowest BCUT2D eigenvalue weighted by Gasteiger charge is -2.28. The average Bonchev–Trinajstić information content (AvgIpc) is 2.72. The largest absolute Gasteiger partial charge is 0.496 e. The minimum Gasteiger partial charge on any atom is -0.496 e. The van der Waals surface area contributed by atoms with Crippen LogP contribution in [-0.2, 0) is 13.0 Å². The van der Waals surface area contributed by atoms with Crippen molar-refractivity contribution in [2.24, 2.45) is 5.41 Å². The Labute approximate surface area is 122 Å². The molecule has 0 amide bonds. The number of fused-ring (bicyclic) bond motifs is 1. The highest BCUT2D eigenvalue weighted by atomic mass is 16.5. The molecule has 1 aliphatic heterocycles. The monoisotopic (exact) mass is 277 g/mol. The summed E-state index contributed by atoms with van der Waals surface area (Å²) in [5.41, 5.74) is 2.66. The number of benzene rings is 1. The van der Waals surface area contributed by atoms with Crippen LogP contribution in [0.15, 0.2) is 12.1 Å². The van der Waals surface area contributed by atoms with Crippen LogP contribution in [0.1, 0.15) is 45.7 Å². The van der Waals surface area contributed by atoms with E-state index >= 15 is 0 Å². The van der Waals surface area contributed by atoms with E-state index in [0.717, 1.165) is 30.0 Å². The molecule has 0 radical (unpaired) electrons. The van der Waals surface area contributed by atoms with E-state index < -0.39 is 0 Å². The van der Waals surface area contributed by atoms with Gasteiger partial charge in [-0.15, -0.1) is 0 Å². The van der Waals surface area contributed by atoms with Gasteiger partial charge in [0.2, 0.25) is 0 Å². The summed E-state index contributed by atoms with van der Waals surface area (Å²) < 4.78 is 11.4. The van der Waals surface area contributed by atoms with Crippen LogP contribution in [-0.4, -0.2) is 19.3 Å². The molecular weight excluding hydrogens is 250 g/mol. The molecule has 112 valence electrons. The molecule has 2 unspecified atom stereocenters. The van der Waals surface area contributed by atoms with Gasteiger partial charge in [0, 0.05) is 30.1 Å². The Morgan fingerprint density at radius 2 is 2.10 bits per heavy atom. The van der Waals surface area contributed by atoms with Crippen LogP contribution in [0.25, 0.3) is 0 Å². The molecule has 1 aliphatic rings. The van der Waals surface area contributed by atoms with Crippen LogP contribution in [0, 0.1) is 5.41 Å². The number of hydrogen-bond donors (Lipinski definition) is 1. The molecule has 0 spiro atoms. The molecule has 2 rings (SSSR count). The summed E-state index contributed by atoms with van der Waals surface area (Å²) in [5, 5.41) is 3.58. The molecule has 1 heterocycles. The molecule has 0 fully saturated rings. The van der Waals surface area contributed by atoms with Gasteiger partial charge >= 0.3 is 0 Å². The third-order valence-corrected chi connectivity index (χ3v) is 4.20. The third kappa shape index (κ3) is 3.26. The fraction of sp³-hybridized carbons (Fsp3) is 0.647. The van der Waals surface area contributed by atoms with Crippen LogP contribution in [0.5, 0.6) is 11.5 Å². The van der Waals surface area contributed by atoms with Gasteiger partial charge in [-0.3, -0.25) is 0 Å². The van der Waals surface area contributed by atoms with Gasteiger partial charge in [0.05, 0.1) is 7.11 Å². The van der Waals surface area contributed by atoms with Crippen molar-refractivity contribution in [1.29, 1.82) is 0 Å². The maximum absolute atomic E-state index is 5.84. The van der Waals surface area contributed by atoms with Crippen molar-refractivity contribution < 1.29 is 9.47 Å². The second-order valence-electron chi connectivity index (χ2n) is 6.87. The fourth-order valence-corrected chi connectivity index (χ4v) is 2.38. The predicted octanol–water partition coefficient (Wildman–Crippen LogP) is 3.54. The Hall–Kier alpha value is -1.22. The van der Waals surface area contributed by atoms with Gasteiger partial charge in [0.25, 0.3) is 0 Å². The Bertz CT molecular complexity index is 477. The number of hydrogen-bond acceptors (Lipinski definition) is 3. The van der Waals surface area contributed by atoms with Gasteiger partial charge in [-0.05, 0) is 31.4 Å². The Kier molecular flexibility index (Phi) is 4.28. The van der Waals surface area contributed by atoms with Crippen LogP contribution >= 0.6 is 0 Å². The maximum Gasteiger partial charge on any atom is 0.123 e. The Balaban J connectivity index is 2.14. The summed E-state index contributed by atoms with van der Waals surface area (Å²) in [4.78, 5) is 0. The summed E-state index contributed by atoms with van der Waals surface area (Å²) in [6.45, 7) is 11.9. The third-order valence-electron chi connectivity index (χ3n) is 4.20. The lowest BCUT2D eigenvalue weighted by atomic mass is 9.88. The van der Waals surface area contributed by atoms with Crippen molar-refractivity contribution in [2.45, 2.75) is 59.7 Å². The second kappa shape index (κ2) is 5.65. The lowest BCUT2D eigenvalue weighted by Crippen LogP contribution is -2.37. The zero-order chi connectivity index (χ0) is 14.9. The first-order valence-electron chi connectivity index (χ1n) is 7.41. The predicted molar refractivity (Wildman–Crippen MR) is 82.5 cm³/mol. The summed E-state index contributed by atoms with van der Waals surface area (Å²) >= 11 is 0. The Morgan fingerprint density at radius 1 is 1.40 bits per heavy atom. The molecule has 0 aromatic heterocycles. The van der Waals surface area contributed by atoms with Crippen molar-refractivity contribution in [1.82, 2.24) is 5.32 Å². The molecule has 1 aromatic carbocycles. The summed E-state index contributed by atoms with van der Waals surface area (Å²) in [6, 6.07) is 4.68. The maximum atomic E-state index is 5.84. The van der Waals surface area contributed by atoms with E-state index in [4.69, 9.17) is 9.47 Å². The van der Waals surface area contributed by atoms with Crippen molar-refractivity contribution in [3.05, 3.63) is 23.3 Å². The topological polar surface area (TPSA) is 30.5 Å². The average molecular weight is 277 g/mol. The highest BCUT2D eigenvalue weighted by molar-refractivity contribution is 5.48. The van der Waals surface area contributed by atoms with Crippen molar-refractivity contribution >= 4 is 0 Å². The molecule has 0 saturated carbocycles. The first-order chi connectivity index (χ1) is 9.31. The van der Waals surface area contributed by atoms with E-state index in [-0.39, 0.29) is 11.5 Å². The first-order valence-corrected chi connectivity index (χ1v) is 7.41. The molecule has 3 heteroatoms. The minimum absolute atomic E-state index is 0.245. The number of methoxy groups -OCH3 is 1. The number of nitrogens with one attached hydrogen (secondary N) is 1. The Morgan fingerprint density at radius 3 is 2.70 bits per heavy atom. The fourth-order valence-electron chi connectivity index (χ4n) is 2.38. The van der Waals surface area contributed by atoms with Crippen LogP contribution < -0.4 is 14.8 Å². The summed E-state index contributed by atoms with van der Waals surface area (Å²) in [5.74, 6) is 1.97. The molecule has 1 N–H and O–H groups in total. The van der Waals surface area contributed by atoms with Gasteiger partial charge in [-0.25, -0.2) is 0 Å². The van der Waals surface area contributed by atoms with Crippen molar-refractivity contribution in [2.75, 3.05) is 7.11 Å². The number of rotatable bonds is 4.